The Bertz CT molecular complexity index is 89.5. The van der Waals surface area contributed by atoms with E-state index in [1.165, 1.54) is 12.8 Å². The first kappa shape index (κ1) is 13.3. The Morgan fingerprint density at radius 2 is 1.92 bits per heavy atom. The molecule has 0 aromatic heterocycles. The molecular formula is C10H22O2S. The number of aliphatic hydroxyl groups is 1. The molecule has 3 heteroatoms. The number of hydrogen-bond donors (Lipinski definition) is 2. The van der Waals surface area contributed by atoms with Crippen molar-refractivity contribution in [2.45, 2.75) is 38.4 Å². The van der Waals surface area contributed by atoms with Crippen molar-refractivity contribution in [3.8, 4) is 0 Å². The predicted molar refractivity (Wildman–Crippen MR) is 59.4 cm³/mol. The fraction of sp³-hybridized carbons (Fsp3) is 1.00. The largest absolute Gasteiger partial charge is 0.396 e. The van der Waals surface area contributed by atoms with Gasteiger partial charge in [0.2, 0.25) is 0 Å². The van der Waals surface area contributed by atoms with Gasteiger partial charge in [-0.2, -0.15) is 12.6 Å². The standard InChI is InChI=1S/C6H14OS.C4H8O/c1-3-6(8)5(2)4-7;1-2-4-5-3-1/h5-8H,3-4H2,1-2H3;1-4H2. The molecule has 0 radical (unpaired) electrons. The second kappa shape index (κ2) is 8.85. The number of aliphatic hydroxyl groups excluding tert-OH is 1. The summed E-state index contributed by atoms with van der Waals surface area (Å²) in [4.78, 5) is 0. The molecule has 0 aliphatic carbocycles. The fourth-order valence-corrected chi connectivity index (χ4v) is 1.13. The zero-order valence-corrected chi connectivity index (χ0v) is 9.59. The highest BCUT2D eigenvalue weighted by atomic mass is 32.1. The smallest absolute Gasteiger partial charge is 0.0467 e. The van der Waals surface area contributed by atoms with Crippen molar-refractivity contribution in [1.29, 1.82) is 0 Å². The van der Waals surface area contributed by atoms with E-state index >= 15 is 0 Å². The van der Waals surface area contributed by atoms with Crippen LogP contribution in [-0.4, -0.2) is 30.2 Å². The van der Waals surface area contributed by atoms with Crippen LogP contribution in [0.25, 0.3) is 0 Å². The van der Waals surface area contributed by atoms with Gasteiger partial charge < -0.3 is 9.84 Å². The SMILES string of the molecule is C1CCOC1.CCC(S)C(C)CO. The molecule has 1 fully saturated rings. The van der Waals surface area contributed by atoms with E-state index in [0.717, 1.165) is 19.6 Å². The van der Waals surface area contributed by atoms with Gasteiger partial charge in [0.05, 0.1) is 0 Å². The quantitative estimate of drug-likeness (QED) is 0.693. The lowest BCUT2D eigenvalue weighted by atomic mass is 10.1. The van der Waals surface area contributed by atoms with Crippen molar-refractivity contribution in [1.82, 2.24) is 0 Å². The van der Waals surface area contributed by atoms with Crippen LogP contribution in [0.15, 0.2) is 0 Å². The molecule has 1 N–H and O–H groups in total. The molecule has 0 spiro atoms. The molecule has 0 bridgehead atoms. The summed E-state index contributed by atoms with van der Waals surface area (Å²) in [5, 5.41) is 8.95. The molecule has 13 heavy (non-hydrogen) atoms. The normalized spacial score (nSPS) is 20.3. The van der Waals surface area contributed by atoms with Crippen LogP contribution in [0.4, 0.5) is 0 Å². The van der Waals surface area contributed by atoms with Crippen LogP contribution in [0.1, 0.15) is 33.1 Å². The molecule has 0 amide bonds. The zero-order valence-electron chi connectivity index (χ0n) is 8.70. The van der Waals surface area contributed by atoms with E-state index in [-0.39, 0.29) is 6.61 Å². The third kappa shape index (κ3) is 7.35. The molecule has 1 aliphatic heterocycles. The third-order valence-electron chi connectivity index (χ3n) is 2.19. The first-order chi connectivity index (χ1) is 6.22. The number of thiol groups is 1. The molecule has 1 saturated heterocycles. The van der Waals surface area contributed by atoms with E-state index < -0.39 is 0 Å². The van der Waals surface area contributed by atoms with Crippen LogP contribution in [0.2, 0.25) is 0 Å². The summed E-state index contributed by atoms with van der Waals surface area (Å²) in [6.07, 6.45) is 3.59. The zero-order chi connectivity index (χ0) is 10.1. The minimum atomic E-state index is 0.252. The molecule has 0 saturated carbocycles. The summed E-state index contributed by atoms with van der Waals surface area (Å²) in [6.45, 7) is 6.33. The third-order valence-corrected chi connectivity index (χ3v) is 3.06. The minimum absolute atomic E-state index is 0.252. The average molecular weight is 206 g/mol. The highest BCUT2D eigenvalue weighted by Crippen LogP contribution is 2.11. The number of ether oxygens (including phenoxy) is 1. The molecule has 80 valence electrons. The first-order valence-electron chi connectivity index (χ1n) is 5.09. The Kier molecular flexibility index (Phi) is 9.03. The van der Waals surface area contributed by atoms with Gasteiger partial charge in [-0.25, -0.2) is 0 Å². The second-order valence-electron chi connectivity index (χ2n) is 3.45. The molecule has 0 aromatic carbocycles. The van der Waals surface area contributed by atoms with E-state index in [1.54, 1.807) is 0 Å². The molecule has 2 unspecified atom stereocenters. The van der Waals surface area contributed by atoms with Gasteiger partial charge in [0.1, 0.15) is 0 Å². The number of hydrogen-bond acceptors (Lipinski definition) is 3. The maximum atomic E-state index is 8.59. The second-order valence-corrected chi connectivity index (χ2v) is 4.12. The minimum Gasteiger partial charge on any atom is -0.396 e. The van der Waals surface area contributed by atoms with E-state index in [1.807, 2.05) is 6.92 Å². The van der Waals surface area contributed by atoms with Crippen molar-refractivity contribution in [2.75, 3.05) is 19.8 Å². The van der Waals surface area contributed by atoms with Crippen LogP contribution in [0.5, 0.6) is 0 Å². The molecule has 2 nitrogen and oxygen atoms in total. The summed E-state index contributed by atoms with van der Waals surface area (Å²) in [5.74, 6) is 0.336. The molecule has 2 atom stereocenters. The maximum Gasteiger partial charge on any atom is 0.0467 e. The van der Waals surface area contributed by atoms with Crippen LogP contribution in [0.3, 0.4) is 0 Å². The van der Waals surface area contributed by atoms with Crippen molar-refractivity contribution in [3.05, 3.63) is 0 Å². The fourth-order valence-electron chi connectivity index (χ4n) is 1.03. The van der Waals surface area contributed by atoms with E-state index in [2.05, 4.69) is 19.6 Å². The molecular weight excluding hydrogens is 184 g/mol. The Morgan fingerprint density at radius 3 is 2.08 bits per heavy atom. The van der Waals surface area contributed by atoms with Gasteiger partial charge in [0.15, 0.2) is 0 Å². The lowest BCUT2D eigenvalue weighted by molar-refractivity contribution is 0.198. The van der Waals surface area contributed by atoms with E-state index in [9.17, 15) is 0 Å². The highest BCUT2D eigenvalue weighted by molar-refractivity contribution is 7.81. The van der Waals surface area contributed by atoms with Gasteiger partial charge in [-0.15, -0.1) is 0 Å². The van der Waals surface area contributed by atoms with Gasteiger partial charge >= 0.3 is 0 Å². The summed E-state index contributed by atoms with van der Waals surface area (Å²) >= 11 is 4.24. The lowest BCUT2D eigenvalue weighted by Crippen LogP contribution is -2.13. The summed E-state index contributed by atoms with van der Waals surface area (Å²) in [5.41, 5.74) is 0. The Morgan fingerprint density at radius 1 is 1.38 bits per heavy atom. The van der Waals surface area contributed by atoms with Gasteiger partial charge in [-0.05, 0) is 25.2 Å². The first-order valence-corrected chi connectivity index (χ1v) is 5.60. The topological polar surface area (TPSA) is 29.5 Å². The summed E-state index contributed by atoms with van der Waals surface area (Å²) < 4.78 is 4.94. The summed E-state index contributed by atoms with van der Waals surface area (Å²) in [6, 6.07) is 0. The maximum absolute atomic E-state index is 8.59. The lowest BCUT2D eigenvalue weighted by Gasteiger charge is -2.13. The monoisotopic (exact) mass is 206 g/mol. The van der Waals surface area contributed by atoms with Crippen molar-refractivity contribution < 1.29 is 9.84 Å². The molecule has 1 aliphatic rings. The van der Waals surface area contributed by atoms with E-state index in [0.29, 0.717) is 11.2 Å². The molecule has 1 heterocycles. The summed E-state index contributed by atoms with van der Waals surface area (Å²) in [7, 11) is 0. The Balaban J connectivity index is 0.000000243. The Labute approximate surface area is 87.1 Å². The van der Waals surface area contributed by atoms with Gasteiger partial charge in [0.25, 0.3) is 0 Å². The molecule has 1 rings (SSSR count). The van der Waals surface area contributed by atoms with Crippen LogP contribution in [0, 0.1) is 5.92 Å². The van der Waals surface area contributed by atoms with Crippen LogP contribution >= 0.6 is 12.6 Å². The average Bonchev–Trinajstić information content (AvgIpc) is 2.73. The van der Waals surface area contributed by atoms with Crippen LogP contribution in [-0.2, 0) is 4.74 Å². The van der Waals surface area contributed by atoms with Gasteiger partial charge in [-0.3, -0.25) is 0 Å². The Hall–Kier alpha value is 0.270. The van der Waals surface area contributed by atoms with Gasteiger partial charge in [-0.1, -0.05) is 13.8 Å². The van der Waals surface area contributed by atoms with Crippen molar-refractivity contribution >= 4 is 12.6 Å². The van der Waals surface area contributed by atoms with E-state index in [4.69, 9.17) is 9.84 Å². The number of rotatable bonds is 3. The van der Waals surface area contributed by atoms with Crippen molar-refractivity contribution in [3.63, 3.8) is 0 Å². The predicted octanol–water partition coefficient (Wildman–Crippen LogP) is 2.12. The van der Waals surface area contributed by atoms with Gasteiger partial charge in [0, 0.05) is 25.1 Å². The van der Waals surface area contributed by atoms with Crippen molar-refractivity contribution in [2.24, 2.45) is 5.92 Å². The molecule has 0 aromatic rings. The highest BCUT2D eigenvalue weighted by Gasteiger charge is 2.07. The van der Waals surface area contributed by atoms with Crippen LogP contribution < -0.4 is 0 Å².